The molecule has 0 amide bonds. The van der Waals surface area contributed by atoms with Crippen LogP contribution >= 0.6 is 0 Å². The smallest absolute Gasteiger partial charge is 0.0635 e. The van der Waals surface area contributed by atoms with Crippen molar-refractivity contribution in [2.45, 2.75) is 57.5 Å². The predicted octanol–water partition coefficient (Wildman–Crippen LogP) is 5.04. The molecule has 0 saturated carbocycles. The summed E-state index contributed by atoms with van der Waals surface area (Å²) in [5.74, 6) is 0. The molecule has 0 aromatic heterocycles. The van der Waals surface area contributed by atoms with Crippen molar-refractivity contribution in [1.29, 1.82) is 0 Å². The van der Waals surface area contributed by atoms with E-state index in [0.29, 0.717) is 0 Å². The number of nitrogens with one attached hydrogen (secondary N) is 1. The molecule has 1 fully saturated rings. The summed E-state index contributed by atoms with van der Waals surface area (Å²) < 4.78 is 6.03. The van der Waals surface area contributed by atoms with Crippen LogP contribution in [0.5, 0.6) is 0 Å². The van der Waals surface area contributed by atoms with Crippen molar-refractivity contribution >= 4 is 0 Å². The summed E-state index contributed by atoms with van der Waals surface area (Å²) in [6, 6.07) is 19.9. The van der Waals surface area contributed by atoms with E-state index in [0.717, 1.165) is 45.4 Å². The van der Waals surface area contributed by atoms with E-state index in [1.54, 1.807) is 0 Å². The Hall–Kier alpha value is -1.64. The van der Waals surface area contributed by atoms with Gasteiger partial charge in [0, 0.05) is 12.0 Å². The minimum atomic E-state index is -0.0484. The molecule has 26 heavy (non-hydrogen) atoms. The Bertz CT molecular complexity index is 677. The van der Waals surface area contributed by atoms with Gasteiger partial charge >= 0.3 is 0 Å². The van der Waals surface area contributed by atoms with Crippen LogP contribution in [0.2, 0.25) is 0 Å². The molecule has 2 aromatic rings. The number of hydrogen-bond acceptors (Lipinski definition) is 2. The van der Waals surface area contributed by atoms with Gasteiger partial charge in [0.05, 0.1) is 5.60 Å². The Morgan fingerprint density at radius 3 is 2.38 bits per heavy atom. The minimum absolute atomic E-state index is 0.0484. The van der Waals surface area contributed by atoms with E-state index in [4.69, 9.17) is 4.74 Å². The normalized spacial score (nSPS) is 22.3. The molecule has 2 aromatic carbocycles. The number of aryl methyl sites for hydroxylation is 1. The van der Waals surface area contributed by atoms with Crippen LogP contribution in [-0.2, 0) is 16.6 Å². The average Bonchev–Trinajstić information content (AvgIpc) is 2.62. The van der Waals surface area contributed by atoms with Crippen LogP contribution in [0.15, 0.2) is 54.6 Å². The zero-order chi connectivity index (χ0) is 18.5. The van der Waals surface area contributed by atoms with Crippen molar-refractivity contribution < 1.29 is 4.74 Å². The first-order valence-electron chi connectivity index (χ1n) is 9.95. The molecule has 1 aliphatic rings. The van der Waals surface area contributed by atoms with E-state index < -0.39 is 0 Å². The number of rotatable bonds is 7. The number of benzene rings is 2. The zero-order valence-corrected chi connectivity index (χ0v) is 16.6. The third kappa shape index (κ3) is 4.96. The van der Waals surface area contributed by atoms with Crippen LogP contribution in [0, 0.1) is 6.92 Å². The third-order valence-electron chi connectivity index (χ3n) is 5.72. The maximum atomic E-state index is 6.03. The maximum Gasteiger partial charge on any atom is 0.0635 e. The molecular formula is C24H33NO. The average molecular weight is 352 g/mol. The number of ether oxygens (including phenoxy) is 1. The molecular weight excluding hydrogens is 318 g/mol. The highest BCUT2D eigenvalue weighted by atomic mass is 16.5. The van der Waals surface area contributed by atoms with E-state index in [1.165, 1.54) is 16.7 Å². The largest absolute Gasteiger partial charge is 0.376 e. The van der Waals surface area contributed by atoms with Crippen molar-refractivity contribution in [3.05, 3.63) is 71.3 Å². The van der Waals surface area contributed by atoms with Crippen molar-refractivity contribution in [1.82, 2.24) is 5.32 Å². The van der Waals surface area contributed by atoms with E-state index >= 15 is 0 Å². The summed E-state index contributed by atoms with van der Waals surface area (Å²) >= 11 is 0. The standard InChI is InChI=1S/C24H33NO/c1-20-9-11-22(12-10-20)24(15-18-26-23(2,3)19-24)14-17-25-16-13-21-7-5-4-6-8-21/h4-12,25H,13-19H2,1-3H3. The summed E-state index contributed by atoms with van der Waals surface area (Å²) in [5.41, 5.74) is 4.38. The van der Waals surface area contributed by atoms with Crippen LogP contribution in [0.4, 0.5) is 0 Å². The van der Waals surface area contributed by atoms with E-state index in [-0.39, 0.29) is 11.0 Å². The second-order valence-corrected chi connectivity index (χ2v) is 8.42. The second-order valence-electron chi connectivity index (χ2n) is 8.42. The molecule has 0 aliphatic carbocycles. The quantitative estimate of drug-likeness (QED) is 0.705. The fraction of sp³-hybridized carbons (Fsp3) is 0.500. The first kappa shape index (κ1) is 19.1. The molecule has 1 saturated heterocycles. The highest BCUT2D eigenvalue weighted by molar-refractivity contribution is 5.30. The zero-order valence-electron chi connectivity index (χ0n) is 16.6. The summed E-state index contributed by atoms with van der Waals surface area (Å²) in [7, 11) is 0. The molecule has 2 heteroatoms. The van der Waals surface area contributed by atoms with Gasteiger partial charge in [-0.3, -0.25) is 0 Å². The lowest BCUT2D eigenvalue weighted by molar-refractivity contribution is -0.0839. The van der Waals surface area contributed by atoms with E-state index in [2.05, 4.69) is 80.7 Å². The predicted molar refractivity (Wildman–Crippen MR) is 110 cm³/mol. The molecule has 0 bridgehead atoms. The van der Waals surface area contributed by atoms with Gasteiger partial charge in [-0.25, -0.2) is 0 Å². The molecule has 2 nitrogen and oxygen atoms in total. The monoisotopic (exact) mass is 351 g/mol. The van der Waals surface area contributed by atoms with Gasteiger partial charge in [0.1, 0.15) is 0 Å². The van der Waals surface area contributed by atoms with Crippen LogP contribution in [0.1, 0.15) is 49.8 Å². The van der Waals surface area contributed by atoms with Gasteiger partial charge in [-0.05, 0) is 70.7 Å². The van der Waals surface area contributed by atoms with E-state index in [9.17, 15) is 0 Å². The Kier molecular flexibility index (Phi) is 6.16. The van der Waals surface area contributed by atoms with Gasteiger partial charge in [-0.15, -0.1) is 0 Å². The Labute approximate surface area is 159 Å². The molecule has 0 radical (unpaired) electrons. The minimum Gasteiger partial charge on any atom is -0.376 e. The van der Waals surface area contributed by atoms with Crippen LogP contribution < -0.4 is 5.32 Å². The fourth-order valence-electron chi connectivity index (χ4n) is 4.32. The first-order chi connectivity index (χ1) is 12.5. The van der Waals surface area contributed by atoms with Gasteiger partial charge in [0.25, 0.3) is 0 Å². The molecule has 140 valence electrons. The Morgan fingerprint density at radius 2 is 1.69 bits per heavy atom. The van der Waals surface area contributed by atoms with Gasteiger partial charge in [-0.1, -0.05) is 60.2 Å². The Morgan fingerprint density at radius 1 is 0.962 bits per heavy atom. The summed E-state index contributed by atoms with van der Waals surface area (Å²) in [6.45, 7) is 9.57. The van der Waals surface area contributed by atoms with Gasteiger partial charge in [0.15, 0.2) is 0 Å². The van der Waals surface area contributed by atoms with Crippen LogP contribution in [0.25, 0.3) is 0 Å². The molecule has 1 N–H and O–H groups in total. The maximum absolute atomic E-state index is 6.03. The lowest BCUT2D eigenvalue weighted by Gasteiger charge is -2.45. The van der Waals surface area contributed by atoms with Crippen molar-refractivity contribution in [2.24, 2.45) is 0 Å². The lowest BCUT2D eigenvalue weighted by Crippen LogP contribution is -2.45. The second kappa shape index (κ2) is 8.37. The highest BCUT2D eigenvalue weighted by Gasteiger charge is 2.41. The SMILES string of the molecule is Cc1ccc(C2(CCNCCc3ccccc3)CCOC(C)(C)C2)cc1. The van der Waals surface area contributed by atoms with Crippen LogP contribution in [0.3, 0.4) is 0 Å². The summed E-state index contributed by atoms with van der Waals surface area (Å²) in [4.78, 5) is 0. The highest BCUT2D eigenvalue weighted by Crippen LogP contribution is 2.43. The summed E-state index contributed by atoms with van der Waals surface area (Å²) in [5, 5.41) is 3.67. The first-order valence-corrected chi connectivity index (χ1v) is 9.95. The van der Waals surface area contributed by atoms with E-state index in [1.807, 2.05) is 0 Å². The molecule has 3 rings (SSSR count). The summed E-state index contributed by atoms with van der Waals surface area (Å²) in [6.07, 6.45) is 4.45. The van der Waals surface area contributed by atoms with Gasteiger partial charge < -0.3 is 10.1 Å². The molecule has 1 aliphatic heterocycles. The van der Waals surface area contributed by atoms with Gasteiger partial charge in [-0.2, -0.15) is 0 Å². The third-order valence-corrected chi connectivity index (χ3v) is 5.72. The molecule has 1 heterocycles. The molecule has 1 atom stereocenters. The van der Waals surface area contributed by atoms with Crippen molar-refractivity contribution in [3.8, 4) is 0 Å². The number of hydrogen-bond donors (Lipinski definition) is 1. The molecule has 0 spiro atoms. The van der Waals surface area contributed by atoms with Crippen LogP contribution in [-0.4, -0.2) is 25.3 Å². The van der Waals surface area contributed by atoms with Crippen molar-refractivity contribution in [3.63, 3.8) is 0 Å². The Balaban J connectivity index is 1.62. The lowest BCUT2D eigenvalue weighted by atomic mass is 9.67. The molecule has 1 unspecified atom stereocenters. The van der Waals surface area contributed by atoms with Crippen molar-refractivity contribution in [2.75, 3.05) is 19.7 Å². The fourth-order valence-corrected chi connectivity index (χ4v) is 4.32. The van der Waals surface area contributed by atoms with Gasteiger partial charge in [0.2, 0.25) is 0 Å². The topological polar surface area (TPSA) is 21.3 Å².